The highest BCUT2D eigenvalue weighted by atomic mass is 16.5. The average molecular weight is 310 g/mol. The van der Waals surface area contributed by atoms with Gasteiger partial charge in [0.25, 0.3) is 0 Å². The van der Waals surface area contributed by atoms with Gasteiger partial charge in [0.2, 0.25) is 5.91 Å². The van der Waals surface area contributed by atoms with E-state index in [2.05, 4.69) is 5.32 Å². The zero-order chi connectivity index (χ0) is 16.4. The number of hydrogen-bond donors (Lipinski definition) is 2. The molecule has 6 nitrogen and oxygen atoms in total. The van der Waals surface area contributed by atoms with E-state index in [0.29, 0.717) is 26.4 Å². The number of hydrogen-bond acceptors (Lipinski definition) is 5. The smallest absolute Gasteiger partial charge is 0.239 e. The molecule has 0 spiro atoms. The van der Waals surface area contributed by atoms with Crippen LogP contribution in [0.15, 0.2) is 18.2 Å². The van der Waals surface area contributed by atoms with E-state index in [1.807, 2.05) is 32.0 Å². The van der Waals surface area contributed by atoms with Gasteiger partial charge in [-0.05, 0) is 25.5 Å². The molecule has 22 heavy (non-hydrogen) atoms. The minimum Gasteiger partial charge on any atom is -0.491 e. The Hall–Kier alpha value is -1.63. The van der Waals surface area contributed by atoms with Crippen LogP contribution in [0.25, 0.3) is 0 Å². The van der Waals surface area contributed by atoms with Crippen LogP contribution in [0, 0.1) is 6.92 Å². The summed E-state index contributed by atoms with van der Waals surface area (Å²) in [7, 11) is 1.51. The summed E-state index contributed by atoms with van der Waals surface area (Å²) in [6.07, 6.45) is 0. The first-order valence-corrected chi connectivity index (χ1v) is 7.40. The van der Waals surface area contributed by atoms with Crippen molar-refractivity contribution in [2.24, 2.45) is 5.73 Å². The maximum absolute atomic E-state index is 11.8. The van der Waals surface area contributed by atoms with Crippen molar-refractivity contribution in [3.8, 4) is 5.75 Å². The van der Waals surface area contributed by atoms with Crippen molar-refractivity contribution in [2.75, 3.05) is 33.5 Å². The van der Waals surface area contributed by atoms with E-state index in [0.717, 1.165) is 16.9 Å². The van der Waals surface area contributed by atoms with Gasteiger partial charge >= 0.3 is 0 Å². The van der Waals surface area contributed by atoms with Crippen molar-refractivity contribution in [3.05, 3.63) is 29.3 Å². The SMILES string of the molecule is CCOCCOc1cc(C)ccc1CNC(=O)C(N)COC. The van der Waals surface area contributed by atoms with Gasteiger partial charge in [0.1, 0.15) is 18.4 Å². The maximum atomic E-state index is 11.8. The van der Waals surface area contributed by atoms with Crippen molar-refractivity contribution in [1.82, 2.24) is 5.32 Å². The first-order chi connectivity index (χ1) is 10.6. The molecule has 0 radical (unpaired) electrons. The Morgan fingerprint density at radius 2 is 2.14 bits per heavy atom. The summed E-state index contributed by atoms with van der Waals surface area (Å²) in [5.74, 6) is 0.503. The monoisotopic (exact) mass is 310 g/mol. The van der Waals surface area contributed by atoms with Crippen molar-refractivity contribution in [1.29, 1.82) is 0 Å². The van der Waals surface area contributed by atoms with E-state index >= 15 is 0 Å². The zero-order valence-corrected chi connectivity index (χ0v) is 13.6. The van der Waals surface area contributed by atoms with Gasteiger partial charge in [0.05, 0.1) is 13.2 Å². The summed E-state index contributed by atoms with van der Waals surface area (Å²) in [5, 5.41) is 2.79. The zero-order valence-electron chi connectivity index (χ0n) is 13.6. The van der Waals surface area contributed by atoms with Crippen LogP contribution in [-0.2, 0) is 20.8 Å². The summed E-state index contributed by atoms with van der Waals surface area (Å²) in [6, 6.07) is 5.19. The van der Waals surface area contributed by atoms with E-state index in [9.17, 15) is 4.79 Å². The molecule has 0 fully saturated rings. The number of rotatable bonds is 10. The topological polar surface area (TPSA) is 82.8 Å². The maximum Gasteiger partial charge on any atom is 0.239 e. The fraction of sp³-hybridized carbons (Fsp3) is 0.562. The molecule has 1 amide bonds. The lowest BCUT2D eigenvalue weighted by molar-refractivity contribution is -0.123. The predicted octanol–water partition coefficient (Wildman–Crippen LogP) is 1.00. The van der Waals surface area contributed by atoms with Crippen LogP contribution in [-0.4, -0.2) is 45.5 Å². The Kier molecular flexibility index (Phi) is 8.50. The average Bonchev–Trinajstić information content (AvgIpc) is 2.50. The fourth-order valence-electron chi connectivity index (χ4n) is 1.87. The van der Waals surface area contributed by atoms with Crippen LogP contribution in [0.2, 0.25) is 0 Å². The van der Waals surface area contributed by atoms with Crippen LogP contribution < -0.4 is 15.8 Å². The predicted molar refractivity (Wildman–Crippen MR) is 84.9 cm³/mol. The quantitative estimate of drug-likeness (QED) is 0.630. The first-order valence-electron chi connectivity index (χ1n) is 7.40. The molecule has 1 aromatic rings. The number of amides is 1. The molecule has 0 aliphatic carbocycles. The van der Waals surface area contributed by atoms with Crippen LogP contribution in [0.4, 0.5) is 0 Å². The number of nitrogens with one attached hydrogen (secondary N) is 1. The minimum atomic E-state index is -0.669. The number of ether oxygens (including phenoxy) is 3. The molecule has 0 aliphatic rings. The minimum absolute atomic E-state index is 0.192. The van der Waals surface area contributed by atoms with E-state index in [1.54, 1.807) is 0 Å². The molecule has 1 rings (SSSR count). The van der Waals surface area contributed by atoms with Crippen molar-refractivity contribution < 1.29 is 19.0 Å². The molecule has 1 aromatic carbocycles. The number of nitrogens with two attached hydrogens (primary N) is 1. The lowest BCUT2D eigenvalue weighted by atomic mass is 10.1. The van der Waals surface area contributed by atoms with E-state index in [-0.39, 0.29) is 12.5 Å². The molecule has 124 valence electrons. The lowest BCUT2D eigenvalue weighted by Crippen LogP contribution is -2.43. The Labute approximate surface area is 131 Å². The number of carbonyl (C=O) groups is 1. The Bertz CT molecular complexity index is 465. The normalized spacial score (nSPS) is 12.0. The van der Waals surface area contributed by atoms with Gasteiger partial charge < -0.3 is 25.3 Å². The second kappa shape index (κ2) is 10.2. The standard InChI is InChI=1S/C16H26N2O4/c1-4-21-7-8-22-15-9-12(2)5-6-13(15)10-18-16(19)14(17)11-20-3/h5-6,9,14H,4,7-8,10-11,17H2,1-3H3,(H,18,19). The van der Waals surface area contributed by atoms with E-state index in [1.165, 1.54) is 7.11 Å². The molecular formula is C16H26N2O4. The summed E-state index contributed by atoms with van der Waals surface area (Å²) >= 11 is 0. The van der Waals surface area contributed by atoms with Gasteiger partial charge in [0, 0.05) is 25.8 Å². The van der Waals surface area contributed by atoms with Gasteiger partial charge in [0.15, 0.2) is 0 Å². The number of aryl methyl sites for hydroxylation is 1. The lowest BCUT2D eigenvalue weighted by Gasteiger charge is -2.15. The molecule has 1 atom stereocenters. The Balaban J connectivity index is 2.59. The Morgan fingerprint density at radius 1 is 1.36 bits per heavy atom. The second-order valence-electron chi connectivity index (χ2n) is 4.94. The van der Waals surface area contributed by atoms with Crippen LogP contribution in [0.1, 0.15) is 18.1 Å². The molecule has 0 heterocycles. The third-order valence-corrected chi connectivity index (χ3v) is 3.05. The highest BCUT2D eigenvalue weighted by molar-refractivity contribution is 5.81. The summed E-state index contributed by atoms with van der Waals surface area (Å²) < 4.78 is 15.9. The van der Waals surface area contributed by atoms with E-state index in [4.69, 9.17) is 19.9 Å². The molecule has 0 saturated carbocycles. The number of benzene rings is 1. The Morgan fingerprint density at radius 3 is 2.82 bits per heavy atom. The molecule has 0 aliphatic heterocycles. The van der Waals surface area contributed by atoms with Crippen molar-refractivity contribution in [2.45, 2.75) is 26.4 Å². The summed E-state index contributed by atoms with van der Waals surface area (Å²) in [6.45, 7) is 6.16. The number of carbonyl (C=O) groups excluding carboxylic acids is 1. The first kappa shape index (κ1) is 18.4. The van der Waals surface area contributed by atoms with Gasteiger partial charge in [-0.2, -0.15) is 0 Å². The highest BCUT2D eigenvalue weighted by Gasteiger charge is 2.13. The van der Waals surface area contributed by atoms with Crippen LogP contribution in [0.5, 0.6) is 5.75 Å². The molecule has 0 aromatic heterocycles. The van der Waals surface area contributed by atoms with E-state index < -0.39 is 6.04 Å². The van der Waals surface area contributed by atoms with Gasteiger partial charge in [-0.25, -0.2) is 0 Å². The molecule has 3 N–H and O–H groups in total. The summed E-state index contributed by atoms with van der Waals surface area (Å²) in [4.78, 5) is 11.8. The van der Waals surface area contributed by atoms with Gasteiger partial charge in [-0.15, -0.1) is 0 Å². The number of methoxy groups -OCH3 is 1. The molecule has 1 unspecified atom stereocenters. The fourth-order valence-corrected chi connectivity index (χ4v) is 1.87. The molecule has 0 saturated heterocycles. The molecule has 0 bridgehead atoms. The second-order valence-corrected chi connectivity index (χ2v) is 4.94. The van der Waals surface area contributed by atoms with Crippen LogP contribution in [0.3, 0.4) is 0 Å². The van der Waals surface area contributed by atoms with Gasteiger partial charge in [-0.1, -0.05) is 12.1 Å². The molecule has 6 heteroatoms. The third kappa shape index (κ3) is 6.43. The van der Waals surface area contributed by atoms with Gasteiger partial charge in [-0.3, -0.25) is 4.79 Å². The van der Waals surface area contributed by atoms with Crippen molar-refractivity contribution in [3.63, 3.8) is 0 Å². The van der Waals surface area contributed by atoms with Crippen LogP contribution >= 0.6 is 0 Å². The highest BCUT2D eigenvalue weighted by Crippen LogP contribution is 2.20. The largest absolute Gasteiger partial charge is 0.491 e. The molecular weight excluding hydrogens is 284 g/mol. The summed E-state index contributed by atoms with van der Waals surface area (Å²) in [5.41, 5.74) is 7.68. The van der Waals surface area contributed by atoms with Crippen molar-refractivity contribution >= 4 is 5.91 Å². The third-order valence-electron chi connectivity index (χ3n) is 3.05.